The number of benzene rings is 2. The van der Waals surface area contributed by atoms with Gasteiger partial charge in [0.05, 0.1) is 24.9 Å². The Morgan fingerprint density at radius 1 is 0.958 bits per heavy atom. The number of hydrogen-bond acceptors (Lipinski definition) is 9. The molecular weight excluding hydrogens is 610 g/mol. The molecule has 0 radical (unpaired) electrons. The molecule has 1 aliphatic carbocycles. The summed E-state index contributed by atoms with van der Waals surface area (Å²) in [6, 6.07) is 12.7. The highest BCUT2D eigenvalue weighted by Crippen LogP contribution is 2.44. The molecule has 3 N–H and O–H groups in total. The van der Waals surface area contributed by atoms with E-state index in [1.807, 2.05) is 24.3 Å². The van der Waals surface area contributed by atoms with E-state index in [4.69, 9.17) is 18.9 Å². The first-order chi connectivity index (χ1) is 23.3. The van der Waals surface area contributed by atoms with Crippen LogP contribution in [0.2, 0.25) is 0 Å². The summed E-state index contributed by atoms with van der Waals surface area (Å²) in [5.41, 5.74) is 2.69. The Bertz CT molecular complexity index is 1460. The molecule has 260 valence electrons. The van der Waals surface area contributed by atoms with Crippen LogP contribution in [-0.2, 0) is 27.1 Å². The van der Waals surface area contributed by atoms with E-state index in [9.17, 15) is 20.1 Å². The average Bonchev–Trinajstić information content (AvgIpc) is 3.08. The summed E-state index contributed by atoms with van der Waals surface area (Å²) in [7, 11) is 0. The highest BCUT2D eigenvalue weighted by Gasteiger charge is 2.37. The van der Waals surface area contributed by atoms with Gasteiger partial charge >= 0.3 is 5.97 Å². The highest BCUT2D eigenvalue weighted by molar-refractivity contribution is 5.66. The molecule has 9 heteroatoms. The molecule has 0 spiro atoms. The Morgan fingerprint density at radius 3 is 2.54 bits per heavy atom. The topological polar surface area (TPSA) is 128 Å². The van der Waals surface area contributed by atoms with Crippen LogP contribution in [0.5, 0.6) is 28.7 Å². The second-order valence-corrected chi connectivity index (χ2v) is 13.4. The number of aromatic nitrogens is 1. The zero-order valence-electron chi connectivity index (χ0n) is 28.3. The standard InChI is InChI=1S/C39H51NO8/c1-3-4-6-11-29(19-28-14-15-33(42)37(20-28)47-31-12-7-5-8-13-31)35-23-32(46-26(2)41)24-36(48-35)30-21-34(43)39(44)38(22-30)45-18-16-27-10-9-17-40-25-27/h9-10,14-15,17,20-22,25,29,31-32,35-36,42-44H,3-8,11-13,16,18-19,23-24H2,1-2H3/t29-,32-,35-,36+/m1/s1. The summed E-state index contributed by atoms with van der Waals surface area (Å²) in [6.07, 6.45) is 14.4. The number of pyridine rings is 1. The molecule has 3 aromatic rings. The van der Waals surface area contributed by atoms with E-state index < -0.39 is 6.10 Å². The van der Waals surface area contributed by atoms with E-state index in [1.165, 1.54) is 19.4 Å². The van der Waals surface area contributed by atoms with Gasteiger partial charge in [0.2, 0.25) is 5.75 Å². The minimum atomic E-state index is -0.501. The molecule has 2 heterocycles. The van der Waals surface area contributed by atoms with Crippen molar-refractivity contribution < 1.29 is 39.1 Å². The van der Waals surface area contributed by atoms with Crippen LogP contribution in [0.25, 0.3) is 0 Å². The number of carbonyl (C=O) groups is 1. The Morgan fingerprint density at radius 2 is 1.79 bits per heavy atom. The molecular formula is C39H51NO8. The number of unbranched alkanes of at least 4 members (excludes halogenated alkanes) is 2. The summed E-state index contributed by atoms with van der Waals surface area (Å²) in [5, 5.41) is 32.0. The number of phenols is 3. The van der Waals surface area contributed by atoms with Crippen LogP contribution in [0.1, 0.15) is 107 Å². The Balaban J connectivity index is 1.36. The van der Waals surface area contributed by atoms with E-state index in [2.05, 4.69) is 11.9 Å². The number of aromatic hydroxyl groups is 3. The van der Waals surface area contributed by atoms with Crippen molar-refractivity contribution in [2.45, 2.75) is 122 Å². The molecule has 5 rings (SSSR count). The first-order valence-electron chi connectivity index (χ1n) is 17.7. The van der Waals surface area contributed by atoms with Gasteiger partial charge in [-0.15, -0.1) is 0 Å². The molecule has 1 aromatic heterocycles. The normalized spacial score (nSPS) is 20.6. The number of carbonyl (C=O) groups excluding carboxylic acids is 1. The van der Waals surface area contributed by atoms with Gasteiger partial charge in [-0.3, -0.25) is 9.78 Å². The van der Waals surface area contributed by atoms with Crippen molar-refractivity contribution in [3.05, 3.63) is 71.5 Å². The fraction of sp³-hybridized carbons (Fsp3) is 0.538. The maximum Gasteiger partial charge on any atom is 0.302 e. The Labute approximate surface area is 284 Å². The molecule has 4 atom stereocenters. The fourth-order valence-corrected chi connectivity index (χ4v) is 7.02. The number of ether oxygens (including phenoxy) is 4. The molecule has 0 bridgehead atoms. The van der Waals surface area contributed by atoms with Gasteiger partial charge < -0.3 is 34.3 Å². The molecule has 0 amide bonds. The number of hydrogen-bond donors (Lipinski definition) is 3. The van der Waals surface area contributed by atoms with Crippen molar-refractivity contribution in [3.8, 4) is 28.7 Å². The zero-order valence-corrected chi connectivity index (χ0v) is 28.3. The Hall–Kier alpha value is -3.98. The van der Waals surface area contributed by atoms with E-state index in [-0.39, 0.29) is 59.8 Å². The van der Waals surface area contributed by atoms with Gasteiger partial charge in [0.15, 0.2) is 23.0 Å². The van der Waals surface area contributed by atoms with Crippen molar-refractivity contribution in [1.29, 1.82) is 0 Å². The molecule has 48 heavy (non-hydrogen) atoms. The summed E-state index contributed by atoms with van der Waals surface area (Å²) in [4.78, 5) is 16.3. The minimum Gasteiger partial charge on any atom is -0.504 e. The van der Waals surface area contributed by atoms with Crippen molar-refractivity contribution in [2.24, 2.45) is 5.92 Å². The molecule has 2 aromatic carbocycles. The zero-order chi connectivity index (χ0) is 33.9. The van der Waals surface area contributed by atoms with Gasteiger partial charge in [0.1, 0.15) is 6.10 Å². The van der Waals surface area contributed by atoms with Crippen LogP contribution < -0.4 is 9.47 Å². The summed E-state index contributed by atoms with van der Waals surface area (Å²) >= 11 is 0. The maximum absolute atomic E-state index is 12.2. The summed E-state index contributed by atoms with van der Waals surface area (Å²) < 4.78 is 24.8. The third kappa shape index (κ3) is 10.0. The molecule has 1 saturated heterocycles. The van der Waals surface area contributed by atoms with Gasteiger partial charge in [-0.1, -0.05) is 44.7 Å². The number of esters is 1. The first kappa shape index (κ1) is 35.3. The van der Waals surface area contributed by atoms with Crippen LogP contribution in [0, 0.1) is 5.92 Å². The van der Waals surface area contributed by atoms with E-state index in [0.29, 0.717) is 37.0 Å². The molecule has 2 fully saturated rings. The van der Waals surface area contributed by atoms with E-state index >= 15 is 0 Å². The monoisotopic (exact) mass is 661 g/mol. The average molecular weight is 662 g/mol. The Kier molecular flexibility index (Phi) is 12.8. The van der Waals surface area contributed by atoms with E-state index in [0.717, 1.165) is 62.5 Å². The van der Waals surface area contributed by atoms with Crippen molar-refractivity contribution >= 4 is 5.97 Å². The van der Waals surface area contributed by atoms with Crippen LogP contribution in [0.3, 0.4) is 0 Å². The lowest BCUT2D eigenvalue weighted by Gasteiger charge is -2.39. The summed E-state index contributed by atoms with van der Waals surface area (Å²) in [5.74, 6) is -0.0254. The molecule has 1 aliphatic heterocycles. The second-order valence-electron chi connectivity index (χ2n) is 13.4. The van der Waals surface area contributed by atoms with Crippen molar-refractivity contribution in [2.75, 3.05) is 6.61 Å². The number of rotatable bonds is 15. The van der Waals surface area contributed by atoms with Crippen LogP contribution in [0.4, 0.5) is 0 Å². The van der Waals surface area contributed by atoms with Gasteiger partial charge in [0, 0.05) is 38.6 Å². The van der Waals surface area contributed by atoms with Gasteiger partial charge in [0.25, 0.3) is 0 Å². The SMILES string of the molecule is CCCCC[C@H](Cc1ccc(O)c(OC2CCCCC2)c1)[C@H]1C[C@@H](OC(C)=O)C[C@@H](c2cc(O)c(O)c(OCCc3cccnc3)c2)O1. The summed E-state index contributed by atoms with van der Waals surface area (Å²) in [6.45, 7) is 3.88. The lowest BCUT2D eigenvalue weighted by atomic mass is 9.83. The van der Waals surface area contributed by atoms with Gasteiger partial charge in [-0.2, -0.15) is 0 Å². The first-order valence-corrected chi connectivity index (χ1v) is 17.7. The molecule has 2 aliphatic rings. The smallest absolute Gasteiger partial charge is 0.302 e. The quantitative estimate of drug-likeness (QED) is 0.0840. The van der Waals surface area contributed by atoms with Crippen LogP contribution in [-0.4, -0.2) is 51.2 Å². The predicted octanol–water partition coefficient (Wildman–Crippen LogP) is 8.12. The lowest BCUT2D eigenvalue weighted by Crippen LogP contribution is -2.39. The fourth-order valence-electron chi connectivity index (χ4n) is 7.02. The molecule has 1 saturated carbocycles. The minimum absolute atomic E-state index is 0.102. The largest absolute Gasteiger partial charge is 0.504 e. The third-order valence-corrected chi connectivity index (χ3v) is 9.54. The lowest BCUT2D eigenvalue weighted by molar-refractivity contribution is -0.165. The third-order valence-electron chi connectivity index (χ3n) is 9.54. The van der Waals surface area contributed by atoms with Crippen LogP contribution in [0.15, 0.2) is 54.9 Å². The van der Waals surface area contributed by atoms with Crippen LogP contribution >= 0.6 is 0 Å². The van der Waals surface area contributed by atoms with Crippen molar-refractivity contribution in [1.82, 2.24) is 4.98 Å². The van der Waals surface area contributed by atoms with Gasteiger partial charge in [-0.05, 0) is 91.5 Å². The second kappa shape index (κ2) is 17.4. The number of phenolic OH excluding ortho intramolecular Hbond substituents is 3. The maximum atomic E-state index is 12.2. The van der Waals surface area contributed by atoms with E-state index in [1.54, 1.807) is 24.5 Å². The predicted molar refractivity (Wildman–Crippen MR) is 183 cm³/mol. The molecule has 0 unspecified atom stereocenters. The molecule has 9 nitrogen and oxygen atoms in total. The highest BCUT2D eigenvalue weighted by atomic mass is 16.6. The van der Waals surface area contributed by atoms with Crippen molar-refractivity contribution in [3.63, 3.8) is 0 Å². The van der Waals surface area contributed by atoms with Gasteiger partial charge in [-0.25, -0.2) is 0 Å². The number of nitrogens with zero attached hydrogens (tertiary/aromatic N) is 1.